The summed E-state index contributed by atoms with van der Waals surface area (Å²) in [6.45, 7) is 17.1. The zero-order valence-corrected chi connectivity index (χ0v) is 28.7. The van der Waals surface area contributed by atoms with Crippen molar-refractivity contribution in [1.29, 1.82) is 0 Å². The van der Waals surface area contributed by atoms with Gasteiger partial charge in [0, 0.05) is 32.1 Å². The summed E-state index contributed by atoms with van der Waals surface area (Å²) in [5, 5.41) is 22.5. The molecule has 5 aliphatic carbocycles. The van der Waals surface area contributed by atoms with E-state index >= 15 is 0 Å². The third kappa shape index (κ3) is 4.79. The number of aliphatic hydroxyl groups excluding tert-OH is 1. The van der Waals surface area contributed by atoms with E-state index in [-0.39, 0.29) is 29.3 Å². The molecule has 0 heterocycles. The number of carbonyl (C=O) groups is 4. The minimum Gasteiger partial charge on any atom is -0.481 e. The monoisotopic (exact) mass is 630 g/mol. The van der Waals surface area contributed by atoms with Crippen molar-refractivity contribution >= 4 is 23.9 Å². The van der Waals surface area contributed by atoms with Gasteiger partial charge in [0.05, 0.1) is 11.5 Å². The normalized spacial score (nSPS) is 46.6. The molecule has 9 heteroatoms. The van der Waals surface area contributed by atoms with E-state index in [0.717, 1.165) is 24.8 Å². The number of aliphatic hydroxyl groups is 1. The predicted octanol–water partition coefficient (Wildman–Crippen LogP) is 5.86. The summed E-state index contributed by atoms with van der Waals surface area (Å²) in [5.41, 5.74) is -2.07. The molecule has 0 aliphatic heterocycles. The fraction of sp³-hybridized carbons (Fsp3) is 0.833. The summed E-state index contributed by atoms with van der Waals surface area (Å²) in [7, 11) is 0. The number of carboxylic acid groups (broad SMARTS) is 1. The maximum atomic E-state index is 13.0. The molecule has 4 saturated carbocycles. The number of hydrogen-bond acceptors (Lipinski definition) is 8. The number of allylic oxidation sites excluding steroid dienone is 1. The SMILES string of the molecule is CC(=O)OC[C@@]1(C)[C@@H]2CC[C@]3(C)[C@H](CC=C4[C@@H]5[C@H](O)C(C)(C)CC[C@]5(C(=O)O)CC[C@]43C)[C@@]2(C)C[C@@H](OC(C)=O)[C@@H]1OC(C)=O. The molecule has 0 unspecified atom stereocenters. The van der Waals surface area contributed by atoms with Crippen LogP contribution in [0.4, 0.5) is 0 Å². The lowest BCUT2D eigenvalue weighted by Crippen LogP contribution is -2.69. The molecular weight excluding hydrogens is 576 g/mol. The van der Waals surface area contributed by atoms with Crippen LogP contribution in [0.15, 0.2) is 11.6 Å². The molecule has 0 bridgehead atoms. The van der Waals surface area contributed by atoms with E-state index in [1.807, 2.05) is 6.92 Å². The summed E-state index contributed by atoms with van der Waals surface area (Å²) in [6.07, 6.45) is 5.26. The summed E-state index contributed by atoms with van der Waals surface area (Å²) in [6, 6.07) is 0. The third-order valence-corrected chi connectivity index (χ3v) is 14.2. The molecule has 0 aromatic carbocycles. The Labute approximate surface area is 267 Å². The highest BCUT2D eigenvalue weighted by molar-refractivity contribution is 5.77. The van der Waals surface area contributed by atoms with Crippen molar-refractivity contribution in [3.8, 4) is 0 Å². The van der Waals surface area contributed by atoms with Crippen LogP contribution in [0.25, 0.3) is 0 Å². The van der Waals surface area contributed by atoms with Gasteiger partial charge in [-0.05, 0) is 84.9 Å². The van der Waals surface area contributed by atoms with Gasteiger partial charge in [-0.15, -0.1) is 0 Å². The molecule has 252 valence electrons. The number of ether oxygens (including phenoxy) is 3. The van der Waals surface area contributed by atoms with E-state index in [0.29, 0.717) is 32.1 Å². The third-order valence-electron chi connectivity index (χ3n) is 14.2. The highest BCUT2D eigenvalue weighted by Crippen LogP contribution is 2.76. The van der Waals surface area contributed by atoms with Gasteiger partial charge >= 0.3 is 23.9 Å². The Balaban J connectivity index is 1.64. The lowest BCUT2D eigenvalue weighted by molar-refractivity contribution is -0.257. The van der Waals surface area contributed by atoms with E-state index < -0.39 is 69.8 Å². The second-order valence-electron chi connectivity index (χ2n) is 16.8. The van der Waals surface area contributed by atoms with Crippen molar-refractivity contribution in [2.24, 2.45) is 50.2 Å². The predicted molar refractivity (Wildman–Crippen MR) is 166 cm³/mol. The fourth-order valence-corrected chi connectivity index (χ4v) is 11.7. The molecule has 2 N–H and O–H groups in total. The van der Waals surface area contributed by atoms with Crippen molar-refractivity contribution in [2.45, 2.75) is 132 Å². The van der Waals surface area contributed by atoms with Gasteiger partial charge in [0.15, 0.2) is 0 Å². The number of carbonyl (C=O) groups excluding carboxylic acids is 3. The molecule has 0 aromatic rings. The van der Waals surface area contributed by atoms with Crippen LogP contribution < -0.4 is 0 Å². The molecule has 0 radical (unpaired) electrons. The summed E-state index contributed by atoms with van der Waals surface area (Å²) >= 11 is 0. The Hall–Kier alpha value is -2.42. The van der Waals surface area contributed by atoms with Crippen LogP contribution in [0.2, 0.25) is 0 Å². The van der Waals surface area contributed by atoms with Crippen molar-refractivity contribution in [3.63, 3.8) is 0 Å². The Morgan fingerprint density at radius 3 is 2.04 bits per heavy atom. The highest BCUT2D eigenvalue weighted by Gasteiger charge is 2.72. The van der Waals surface area contributed by atoms with Crippen molar-refractivity contribution < 1.29 is 43.6 Å². The van der Waals surface area contributed by atoms with Gasteiger partial charge in [0.2, 0.25) is 0 Å². The second-order valence-corrected chi connectivity index (χ2v) is 16.8. The smallest absolute Gasteiger partial charge is 0.310 e. The Kier molecular flexibility index (Phi) is 8.15. The first-order valence-electron chi connectivity index (χ1n) is 16.8. The number of fused-ring (bicyclic) bond motifs is 7. The highest BCUT2D eigenvalue weighted by atomic mass is 16.6. The van der Waals surface area contributed by atoms with Gasteiger partial charge in [-0.2, -0.15) is 0 Å². The first-order chi connectivity index (χ1) is 20.7. The Bertz CT molecular complexity index is 1300. The number of carboxylic acids is 1. The Morgan fingerprint density at radius 1 is 0.844 bits per heavy atom. The van der Waals surface area contributed by atoms with E-state index in [9.17, 15) is 29.4 Å². The molecule has 0 amide bonds. The maximum Gasteiger partial charge on any atom is 0.310 e. The molecule has 5 rings (SSSR count). The number of aliphatic carboxylic acids is 1. The van der Waals surface area contributed by atoms with Gasteiger partial charge in [-0.25, -0.2) is 0 Å². The summed E-state index contributed by atoms with van der Waals surface area (Å²) < 4.78 is 17.5. The lowest BCUT2D eigenvalue weighted by atomic mass is 9.33. The van der Waals surface area contributed by atoms with Crippen LogP contribution >= 0.6 is 0 Å². The minimum absolute atomic E-state index is 0.0157. The van der Waals surface area contributed by atoms with E-state index in [1.54, 1.807) is 0 Å². The van der Waals surface area contributed by atoms with Gasteiger partial charge in [-0.1, -0.05) is 53.2 Å². The van der Waals surface area contributed by atoms with Gasteiger partial charge in [-0.3, -0.25) is 19.2 Å². The standard InChI is InChI=1S/C36H54O9/c1-20(37)43-19-33(7)25-12-13-35(9)26(32(25,6)18-24(44-21(2)38)29(33)45-22(3)39)11-10-23-27-28(40)31(4,5)14-16-36(27,30(41)42)17-15-34(23,35)8/h10,24-29,40H,11-19H2,1-9H3,(H,41,42)/t24-,25-,26-,27-,28+,29+,32+,33+,34-,35-,36+/m1/s1. The van der Waals surface area contributed by atoms with Crippen LogP contribution in [-0.4, -0.2) is 59.0 Å². The number of hydrogen-bond donors (Lipinski definition) is 2. The maximum absolute atomic E-state index is 13.0. The Morgan fingerprint density at radius 2 is 1.47 bits per heavy atom. The molecule has 0 saturated heterocycles. The lowest BCUT2D eigenvalue weighted by Gasteiger charge is -2.72. The first-order valence-corrected chi connectivity index (χ1v) is 16.8. The van der Waals surface area contributed by atoms with Crippen molar-refractivity contribution in [3.05, 3.63) is 11.6 Å². The molecule has 0 aromatic heterocycles. The van der Waals surface area contributed by atoms with Crippen LogP contribution in [-0.2, 0) is 33.4 Å². The minimum atomic E-state index is -0.976. The van der Waals surface area contributed by atoms with Crippen LogP contribution in [0.1, 0.15) is 114 Å². The van der Waals surface area contributed by atoms with Gasteiger partial charge in [0.25, 0.3) is 0 Å². The number of rotatable bonds is 5. The molecule has 0 spiro atoms. The van der Waals surface area contributed by atoms with Gasteiger partial charge < -0.3 is 24.4 Å². The van der Waals surface area contributed by atoms with Gasteiger partial charge in [0.1, 0.15) is 18.8 Å². The zero-order chi connectivity index (χ0) is 33.5. The number of esters is 3. The quantitative estimate of drug-likeness (QED) is 0.217. The average Bonchev–Trinajstić information content (AvgIpc) is 2.91. The summed E-state index contributed by atoms with van der Waals surface area (Å²) in [5.74, 6) is -2.52. The largest absolute Gasteiger partial charge is 0.481 e. The topological polar surface area (TPSA) is 136 Å². The van der Waals surface area contributed by atoms with E-state index in [1.165, 1.54) is 20.8 Å². The average molecular weight is 631 g/mol. The van der Waals surface area contributed by atoms with E-state index in [4.69, 9.17) is 14.2 Å². The van der Waals surface area contributed by atoms with Crippen LogP contribution in [0.5, 0.6) is 0 Å². The zero-order valence-electron chi connectivity index (χ0n) is 28.7. The molecule has 5 aliphatic rings. The molecule has 4 fully saturated rings. The van der Waals surface area contributed by atoms with E-state index in [2.05, 4.69) is 40.7 Å². The van der Waals surface area contributed by atoms with Crippen molar-refractivity contribution in [1.82, 2.24) is 0 Å². The molecule has 11 atom stereocenters. The first kappa shape index (κ1) is 33.9. The molecule has 45 heavy (non-hydrogen) atoms. The van der Waals surface area contributed by atoms with Crippen LogP contribution in [0.3, 0.4) is 0 Å². The second kappa shape index (κ2) is 10.8. The molecule has 9 nitrogen and oxygen atoms in total. The fourth-order valence-electron chi connectivity index (χ4n) is 11.7. The van der Waals surface area contributed by atoms with Crippen LogP contribution in [0, 0.1) is 50.2 Å². The summed E-state index contributed by atoms with van der Waals surface area (Å²) in [4.78, 5) is 50.0. The van der Waals surface area contributed by atoms with Crippen molar-refractivity contribution in [2.75, 3.05) is 6.61 Å². The molecular formula is C36H54O9.